The molecule has 0 heterocycles. The molecule has 0 aromatic rings. The number of hydrogen-bond acceptors (Lipinski definition) is 3. The number of aliphatic hydroxyl groups is 1. The predicted octanol–water partition coefficient (Wildman–Crippen LogP) is -1.26. The molecule has 0 aliphatic carbocycles. The number of hydrogen-bond donors (Lipinski definition) is 4. The molecule has 46 valence electrons. The summed E-state index contributed by atoms with van der Waals surface area (Å²) in [5.41, 5.74) is 4.70. The van der Waals surface area contributed by atoms with Gasteiger partial charge < -0.3 is 10.8 Å². The topological polar surface area (TPSA) is 87.2 Å². The summed E-state index contributed by atoms with van der Waals surface area (Å²) in [6.07, 6.45) is -1.54. The highest BCUT2D eigenvalue weighted by Crippen LogP contribution is 1.86. The van der Waals surface area contributed by atoms with Gasteiger partial charge in [-0.3, -0.25) is 10.2 Å². The van der Waals surface area contributed by atoms with E-state index in [1.807, 2.05) is 0 Å². The molecular weight excluding hydrogens is 128 g/mol. The van der Waals surface area contributed by atoms with Crippen LogP contribution in [0, 0.1) is 5.41 Å². The van der Waals surface area contributed by atoms with Gasteiger partial charge in [0.15, 0.2) is 6.10 Å². The summed E-state index contributed by atoms with van der Waals surface area (Å²) in [5.74, 6) is -0.579. The van der Waals surface area contributed by atoms with E-state index in [1.54, 1.807) is 0 Å². The molecule has 0 radical (unpaired) electrons. The Bertz CT molecular complexity index is 110. The first kappa shape index (κ1) is 7.45. The van der Waals surface area contributed by atoms with Crippen LogP contribution in [0.15, 0.2) is 0 Å². The summed E-state index contributed by atoms with van der Waals surface area (Å²) in [7, 11) is 0. The number of rotatable bonds is 2. The van der Waals surface area contributed by atoms with E-state index >= 15 is 0 Å². The smallest absolute Gasteiger partial charge is 0.222 e. The fraction of sp³-hybridized carbons (Fsp3) is 0.333. The van der Waals surface area contributed by atoms with Crippen LogP contribution in [-0.4, -0.2) is 22.2 Å². The number of nitrogens with one attached hydrogen (secondary N) is 1. The van der Waals surface area contributed by atoms with E-state index in [1.165, 1.54) is 0 Å². The Hall–Kier alpha value is -0.550. The lowest BCUT2D eigenvalue weighted by molar-refractivity contribution is -0.115. The second kappa shape index (κ2) is 2.68. The number of aliphatic hydroxyl groups excluding tert-OH is 1. The van der Waals surface area contributed by atoms with Crippen molar-refractivity contribution in [2.75, 3.05) is 0 Å². The Balaban J connectivity index is 3.83. The summed E-state index contributed by atoms with van der Waals surface area (Å²) in [6.45, 7) is 0. The molecule has 0 aliphatic rings. The molecule has 0 saturated heterocycles. The third-order valence-electron chi connectivity index (χ3n) is 0.529. The van der Waals surface area contributed by atoms with Gasteiger partial charge in [0.2, 0.25) is 5.12 Å². The number of nitrogens with two attached hydrogens (primary N) is 1. The summed E-state index contributed by atoms with van der Waals surface area (Å²) >= 11 is 3.22. The first-order valence-electron chi connectivity index (χ1n) is 1.80. The van der Waals surface area contributed by atoms with Crippen LogP contribution in [0.4, 0.5) is 0 Å². The van der Waals surface area contributed by atoms with Crippen LogP contribution in [-0.2, 0) is 4.79 Å². The monoisotopic (exact) mass is 134 g/mol. The van der Waals surface area contributed by atoms with Crippen molar-refractivity contribution in [3.8, 4) is 0 Å². The van der Waals surface area contributed by atoms with Crippen molar-refractivity contribution in [3.05, 3.63) is 0 Å². The van der Waals surface area contributed by atoms with Crippen molar-refractivity contribution >= 4 is 23.6 Å². The predicted molar refractivity (Wildman–Crippen MR) is 31.9 cm³/mol. The average molecular weight is 134 g/mol. The Kier molecular flexibility index (Phi) is 2.50. The fourth-order valence-electron chi connectivity index (χ4n) is 0.133. The first-order valence-corrected chi connectivity index (χ1v) is 2.25. The molecule has 8 heavy (non-hydrogen) atoms. The molecule has 4 N–H and O–H groups in total. The van der Waals surface area contributed by atoms with E-state index < -0.39 is 17.1 Å². The maximum Gasteiger partial charge on any atom is 0.222 e. The molecule has 5 heteroatoms. The van der Waals surface area contributed by atoms with Crippen molar-refractivity contribution in [2.45, 2.75) is 6.10 Å². The largest absolute Gasteiger partial charge is 0.385 e. The van der Waals surface area contributed by atoms with Crippen LogP contribution in [0.5, 0.6) is 0 Å². The molecule has 0 fully saturated rings. The molecule has 1 unspecified atom stereocenters. The molecular formula is C3H6N2O2S. The molecule has 0 saturated carbocycles. The van der Waals surface area contributed by atoms with E-state index in [0.717, 1.165) is 0 Å². The normalized spacial score (nSPS) is 12.8. The summed E-state index contributed by atoms with van der Waals surface area (Å²) in [5, 5.41) is 14.1. The molecule has 4 nitrogen and oxygen atoms in total. The minimum absolute atomic E-state index is 0.579. The molecule has 0 aromatic heterocycles. The van der Waals surface area contributed by atoms with Gasteiger partial charge in [-0.05, 0) is 0 Å². The van der Waals surface area contributed by atoms with Gasteiger partial charge in [-0.2, -0.15) is 0 Å². The van der Waals surface area contributed by atoms with Crippen LogP contribution in [0.2, 0.25) is 0 Å². The van der Waals surface area contributed by atoms with E-state index in [2.05, 4.69) is 12.6 Å². The van der Waals surface area contributed by atoms with Crippen molar-refractivity contribution in [3.63, 3.8) is 0 Å². The van der Waals surface area contributed by atoms with Gasteiger partial charge >= 0.3 is 0 Å². The van der Waals surface area contributed by atoms with Gasteiger partial charge in [0.25, 0.3) is 0 Å². The van der Waals surface area contributed by atoms with E-state index in [-0.39, 0.29) is 0 Å². The Morgan fingerprint density at radius 1 is 1.88 bits per heavy atom. The van der Waals surface area contributed by atoms with Gasteiger partial charge in [-0.1, -0.05) is 0 Å². The van der Waals surface area contributed by atoms with Gasteiger partial charge in [0.05, 0.1) is 0 Å². The van der Waals surface area contributed by atoms with Gasteiger partial charge in [0, 0.05) is 0 Å². The second-order valence-electron chi connectivity index (χ2n) is 1.20. The van der Waals surface area contributed by atoms with Gasteiger partial charge in [-0.15, -0.1) is 12.6 Å². The highest BCUT2D eigenvalue weighted by Gasteiger charge is 2.12. The quantitative estimate of drug-likeness (QED) is 0.216. The Labute approximate surface area is 51.6 Å². The van der Waals surface area contributed by atoms with Crippen LogP contribution in [0.3, 0.4) is 0 Å². The highest BCUT2D eigenvalue weighted by molar-refractivity contribution is 7.96. The molecule has 0 rings (SSSR count). The third kappa shape index (κ3) is 1.94. The molecule has 0 aromatic carbocycles. The van der Waals surface area contributed by atoms with Gasteiger partial charge in [-0.25, -0.2) is 0 Å². The molecule has 0 bridgehead atoms. The van der Waals surface area contributed by atoms with E-state index in [0.29, 0.717) is 0 Å². The lowest BCUT2D eigenvalue weighted by Gasteiger charge is -1.99. The number of carbonyl (C=O) groups is 1. The second-order valence-corrected chi connectivity index (χ2v) is 1.64. The van der Waals surface area contributed by atoms with Crippen molar-refractivity contribution < 1.29 is 9.90 Å². The number of amidine groups is 1. The number of carbonyl (C=O) groups excluding carboxylic acids is 1. The van der Waals surface area contributed by atoms with Crippen LogP contribution in [0.1, 0.15) is 0 Å². The molecule has 0 amide bonds. The van der Waals surface area contributed by atoms with E-state index in [9.17, 15) is 4.79 Å². The standard InChI is InChI=1S/C3H6N2O2S/c4-2(5)1(6)3(7)8/h1,6H,(H3,4,5)(H,7,8). The Morgan fingerprint density at radius 3 is 2.25 bits per heavy atom. The fourth-order valence-corrected chi connectivity index (χ4v) is 0.272. The van der Waals surface area contributed by atoms with Crippen molar-refractivity contribution in [1.29, 1.82) is 5.41 Å². The average Bonchev–Trinajstić information content (AvgIpc) is 1.64. The third-order valence-corrected chi connectivity index (χ3v) is 0.773. The SMILES string of the molecule is N=C(N)C(O)C(=O)S. The van der Waals surface area contributed by atoms with Gasteiger partial charge in [0.1, 0.15) is 5.84 Å². The minimum Gasteiger partial charge on any atom is -0.385 e. The zero-order chi connectivity index (χ0) is 6.73. The molecule has 1 atom stereocenters. The minimum atomic E-state index is -1.54. The zero-order valence-corrected chi connectivity index (χ0v) is 4.85. The summed E-state index contributed by atoms with van der Waals surface area (Å²) in [4.78, 5) is 9.98. The van der Waals surface area contributed by atoms with Crippen LogP contribution >= 0.6 is 12.6 Å². The zero-order valence-electron chi connectivity index (χ0n) is 3.96. The summed E-state index contributed by atoms with van der Waals surface area (Å²) in [6, 6.07) is 0. The summed E-state index contributed by atoms with van der Waals surface area (Å²) < 4.78 is 0. The van der Waals surface area contributed by atoms with E-state index in [4.69, 9.17) is 16.2 Å². The first-order chi connectivity index (χ1) is 3.55. The maximum atomic E-state index is 9.98. The Morgan fingerprint density at radius 2 is 2.25 bits per heavy atom. The van der Waals surface area contributed by atoms with Crippen LogP contribution < -0.4 is 5.73 Å². The van der Waals surface area contributed by atoms with Crippen molar-refractivity contribution in [1.82, 2.24) is 0 Å². The number of thiol groups is 1. The maximum absolute atomic E-state index is 9.98. The molecule has 0 aliphatic heterocycles. The van der Waals surface area contributed by atoms with Crippen molar-refractivity contribution in [2.24, 2.45) is 5.73 Å². The molecule has 0 spiro atoms. The highest BCUT2D eigenvalue weighted by atomic mass is 32.1. The lowest BCUT2D eigenvalue weighted by atomic mass is 10.4. The lowest BCUT2D eigenvalue weighted by Crippen LogP contribution is -2.32. The van der Waals surface area contributed by atoms with Crippen LogP contribution in [0.25, 0.3) is 0 Å².